The summed E-state index contributed by atoms with van der Waals surface area (Å²) in [6.07, 6.45) is 0.200. The fourth-order valence-corrected chi connectivity index (χ4v) is 1.60. The second kappa shape index (κ2) is 7.07. The molecular weight excluding hydrogens is 304 g/mol. The van der Waals surface area contributed by atoms with Gasteiger partial charge in [-0.15, -0.1) is 0 Å². The van der Waals surface area contributed by atoms with Crippen LogP contribution in [-0.2, 0) is 9.53 Å². The Morgan fingerprint density at radius 1 is 1.56 bits per heavy atom. The Labute approximate surface area is 112 Å². The van der Waals surface area contributed by atoms with Gasteiger partial charge in [-0.05, 0) is 28.1 Å². The molecule has 1 atom stereocenters. The fraction of sp³-hybridized carbons (Fsp3) is 0.364. The minimum atomic E-state index is -1.10. The Morgan fingerprint density at radius 2 is 2.28 bits per heavy atom. The lowest BCUT2D eigenvalue weighted by Crippen LogP contribution is -2.41. The molecular formula is C11H13BrN2O4. The first-order chi connectivity index (χ1) is 8.54. The number of methoxy groups -OCH3 is 1. The smallest absolute Gasteiger partial charge is 0.326 e. The Balaban J connectivity index is 2.69. The maximum absolute atomic E-state index is 11.8. The molecule has 0 saturated heterocycles. The lowest BCUT2D eigenvalue weighted by atomic mass is 10.2. The van der Waals surface area contributed by atoms with E-state index in [2.05, 4.69) is 26.2 Å². The molecule has 1 amide bonds. The summed E-state index contributed by atoms with van der Waals surface area (Å²) >= 11 is 3.14. The van der Waals surface area contributed by atoms with E-state index in [-0.39, 0.29) is 18.7 Å². The van der Waals surface area contributed by atoms with E-state index in [1.54, 1.807) is 12.1 Å². The number of nitrogens with one attached hydrogen (secondary N) is 1. The topological polar surface area (TPSA) is 88.5 Å². The lowest BCUT2D eigenvalue weighted by Gasteiger charge is -2.13. The molecule has 0 aromatic carbocycles. The van der Waals surface area contributed by atoms with Crippen molar-refractivity contribution in [1.29, 1.82) is 0 Å². The van der Waals surface area contributed by atoms with Crippen molar-refractivity contribution in [3.63, 3.8) is 0 Å². The second-order valence-corrected chi connectivity index (χ2v) is 4.30. The zero-order valence-electron chi connectivity index (χ0n) is 9.72. The molecule has 0 fully saturated rings. The van der Waals surface area contributed by atoms with Gasteiger partial charge in [-0.2, -0.15) is 0 Å². The van der Waals surface area contributed by atoms with Gasteiger partial charge in [-0.1, -0.05) is 6.07 Å². The molecule has 0 aliphatic rings. The number of hydrogen-bond acceptors (Lipinski definition) is 4. The summed E-state index contributed by atoms with van der Waals surface area (Å²) in [6.45, 7) is 0.253. The van der Waals surface area contributed by atoms with Gasteiger partial charge < -0.3 is 15.2 Å². The normalized spacial score (nSPS) is 11.9. The number of carboxylic acids is 1. The highest BCUT2D eigenvalue weighted by atomic mass is 79.9. The van der Waals surface area contributed by atoms with E-state index in [9.17, 15) is 9.59 Å². The standard InChI is InChI=1S/C11H13BrN2O4/c1-18-6-5-8(11(16)17)14-10(15)7-3-2-4-9(12)13-7/h2-4,8H,5-6H2,1H3,(H,14,15)(H,16,17). The molecule has 1 aromatic rings. The highest BCUT2D eigenvalue weighted by Crippen LogP contribution is 2.06. The van der Waals surface area contributed by atoms with Crippen molar-refractivity contribution in [1.82, 2.24) is 10.3 Å². The molecule has 98 valence electrons. The van der Waals surface area contributed by atoms with Crippen molar-refractivity contribution in [3.8, 4) is 0 Å². The molecule has 2 N–H and O–H groups in total. The van der Waals surface area contributed by atoms with Gasteiger partial charge in [0.15, 0.2) is 0 Å². The number of amides is 1. The summed E-state index contributed by atoms with van der Waals surface area (Å²) in [7, 11) is 1.47. The third-order valence-electron chi connectivity index (χ3n) is 2.16. The first-order valence-corrected chi connectivity index (χ1v) is 5.99. The lowest BCUT2D eigenvalue weighted by molar-refractivity contribution is -0.139. The number of carbonyl (C=O) groups excluding carboxylic acids is 1. The highest BCUT2D eigenvalue weighted by Gasteiger charge is 2.20. The van der Waals surface area contributed by atoms with Gasteiger partial charge in [0, 0.05) is 20.1 Å². The van der Waals surface area contributed by atoms with E-state index < -0.39 is 17.9 Å². The molecule has 1 unspecified atom stereocenters. The summed E-state index contributed by atoms with van der Waals surface area (Å²) in [5.41, 5.74) is 0.160. The largest absolute Gasteiger partial charge is 0.480 e. The first kappa shape index (κ1) is 14.6. The van der Waals surface area contributed by atoms with Crippen LogP contribution in [0.15, 0.2) is 22.8 Å². The minimum Gasteiger partial charge on any atom is -0.480 e. The molecule has 1 heterocycles. The van der Waals surface area contributed by atoms with Gasteiger partial charge in [-0.25, -0.2) is 9.78 Å². The quantitative estimate of drug-likeness (QED) is 0.766. The molecule has 6 nitrogen and oxygen atoms in total. The van der Waals surface area contributed by atoms with Gasteiger partial charge in [0.05, 0.1) is 0 Å². The van der Waals surface area contributed by atoms with E-state index in [0.717, 1.165) is 0 Å². The number of carboxylic acid groups (broad SMARTS) is 1. The Hall–Kier alpha value is -1.47. The van der Waals surface area contributed by atoms with Crippen molar-refractivity contribution < 1.29 is 19.4 Å². The Bertz CT molecular complexity index is 439. The molecule has 18 heavy (non-hydrogen) atoms. The summed E-state index contributed by atoms with van der Waals surface area (Å²) in [5, 5.41) is 11.3. The second-order valence-electron chi connectivity index (χ2n) is 3.49. The van der Waals surface area contributed by atoms with E-state index in [1.165, 1.54) is 13.2 Å². The predicted octanol–water partition coefficient (Wildman–Crippen LogP) is 1.06. The number of halogens is 1. The number of hydrogen-bond donors (Lipinski definition) is 2. The van der Waals surface area contributed by atoms with Crippen LogP contribution in [0.25, 0.3) is 0 Å². The molecule has 0 aliphatic heterocycles. The number of aliphatic carboxylic acids is 1. The van der Waals surface area contributed by atoms with Gasteiger partial charge in [0.2, 0.25) is 0 Å². The van der Waals surface area contributed by atoms with E-state index in [0.29, 0.717) is 4.60 Å². The number of carbonyl (C=O) groups is 2. The summed E-state index contributed by atoms with van der Waals surface area (Å²) in [4.78, 5) is 26.7. The number of ether oxygens (including phenoxy) is 1. The summed E-state index contributed by atoms with van der Waals surface area (Å²) in [5.74, 6) is -1.63. The van der Waals surface area contributed by atoms with Crippen molar-refractivity contribution in [2.75, 3.05) is 13.7 Å². The molecule has 1 aromatic heterocycles. The van der Waals surface area contributed by atoms with Crippen LogP contribution < -0.4 is 5.32 Å². The van der Waals surface area contributed by atoms with Crippen LogP contribution in [0.3, 0.4) is 0 Å². The zero-order valence-corrected chi connectivity index (χ0v) is 11.3. The number of pyridine rings is 1. The van der Waals surface area contributed by atoms with Crippen molar-refractivity contribution >= 4 is 27.8 Å². The third kappa shape index (κ3) is 4.42. The number of nitrogens with zero attached hydrogens (tertiary/aromatic N) is 1. The van der Waals surface area contributed by atoms with Crippen LogP contribution in [0, 0.1) is 0 Å². The average molecular weight is 317 g/mol. The maximum Gasteiger partial charge on any atom is 0.326 e. The summed E-state index contributed by atoms with van der Waals surface area (Å²) < 4.78 is 5.30. The molecule has 0 bridgehead atoms. The van der Waals surface area contributed by atoms with Crippen LogP contribution in [0.2, 0.25) is 0 Å². The fourth-order valence-electron chi connectivity index (χ4n) is 1.26. The molecule has 1 rings (SSSR count). The first-order valence-electron chi connectivity index (χ1n) is 5.19. The van der Waals surface area contributed by atoms with Crippen LogP contribution in [0.1, 0.15) is 16.9 Å². The Morgan fingerprint density at radius 3 is 2.83 bits per heavy atom. The number of rotatable bonds is 6. The van der Waals surface area contributed by atoms with Crippen LogP contribution in [-0.4, -0.2) is 41.7 Å². The highest BCUT2D eigenvalue weighted by molar-refractivity contribution is 9.10. The molecule has 7 heteroatoms. The minimum absolute atomic E-state index is 0.160. The van der Waals surface area contributed by atoms with Crippen molar-refractivity contribution in [2.45, 2.75) is 12.5 Å². The van der Waals surface area contributed by atoms with Crippen LogP contribution in [0.5, 0.6) is 0 Å². The Kier molecular flexibility index (Phi) is 5.73. The predicted molar refractivity (Wildman–Crippen MR) is 67.3 cm³/mol. The SMILES string of the molecule is COCCC(NC(=O)c1cccc(Br)n1)C(=O)O. The van der Waals surface area contributed by atoms with Crippen LogP contribution >= 0.6 is 15.9 Å². The van der Waals surface area contributed by atoms with Gasteiger partial charge in [0.1, 0.15) is 16.3 Å². The van der Waals surface area contributed by atoms with E-state index in [4.69, 9.17) is 9.84 Å². The third-order valence-corrected chi connectivity index (χ3v) is 2.60. The van der Waals surface area contributed by atoms with E-state index in [1.807, 2.05) is 0 Å². The van der Waals surface area contributed by atoms with Crippen molar-refractivity contribution in [2.24, 2.45) is 0 Å². The zero-order chi connectivity index (χ0) is 13.5. The molecule has 0 spiro atoms. The van der Waals surface area contributed by atoms with Gasteiger partial charge in [-0.3, -0.25) is 4.79 Å². The van der Waals surface area contributed by atoms with E-state index >= 15 is 0 Å². The molecule has 0 aliphatic carbocycles. The van der Waals surface area contributed by atoms with Gasteiger partial charge in [0.25, 0.3) is 5.91 Å². The maximum atomic E-state index is 11.8. The molecule has 0 radical (unpaired) electrons. The molecule has 0 saturated carbocycles. The number of aromatic nitrogens is 1. The average Bonchev–Trinajstić information content (AvgIpc) is 2.33. The van der Waals surface area contributed by atoms with Crippen LogP contribution in [0.4, 0.5) is 0 Å². The van der Waals surface area contributed by atoms with Gasteiger partial charge >= 0.3 is 5.97 Å². The van der Waals surface area contributed by atoms with Crippen molar-refractivity contribution in [3.05, 3.63) is 28.5 Å². The monoisotopic (exact) mass is 316 g/mol. The summed E-state index contributed by atoms with van der Waals surface area (Å²) in [6, 6.07) is 3.85.